The number of fused-ring (bicyclic) bond motifs is 1. The maximum atomic E-state index is 11.2. The van der Waals surface area contributed by atoms with Gasteiger partial charge < -0.3 is 9.40 Å². The van der Waals surface area contributed by atoms with E-state index < -0.39 is 0 Å². The van der Waals surface area contributed by atoms with Crippen molar-refractivity contribution in [1.82, 2.24) is 9.97 Å². The van der Waals surface area contributed by atoms with Crippen molar-refractivity contribution in [1.29, 1.82) is 0 Å². The quantitative estimate of drug-likeness (QED) is 0.672. The SMILES string of the molecule is O=c1ccc2c(-c3ccco3)nccc2[nH]1. The molecule has 3 aromatic rings. The molecular weight excluding hydrogens is 204 g/mol. The maximum absolute atomic E-state index is 11.2. The monoisotopic (exact) mass is 212 g/mol. The van der Waals surface area contributed by atoms with Gasteiger partial charge in [-0.05, 0) is 24.3 Å². The first-order valence-electron chi connectivity index (χ1n) is 4.86. The molecule has 3 heterocycles. The highest BCUT2D eigenvalue weighted by atomic mass is 16.3. The first-order valence-corrected chi connectivity index (χ1v) is 4.86. The molecule has 0 saturated heterocycles. The molecule has 1 N–H and O–H groups in total. The zero-order valence-electron chi connectivity index (χ0n) is 8.31. The molecule has 0 spiro atoms. The van der Waals surface area contributed by atoms with E-state index in [-0.39, 0.29) is 5.56 Å². The first kappa shape index (κ1) is 8.91. The molecule has 0 fully saturated rings. The average Bonchev–Trinajstić information content (AvgIpc) is 2.81. The zero-order chi connectivity index (χ0) is 11.0. The van der Waals surface area contributed by atoms with Gasteiger partial charge in [-0.1, -0.05) is 0 Å². The van der Waals surface area contributed by atoms with Gasteiger partial charge in [-0.25, -0.2) is 0 Å². The Labute approximate surface area is 90.6 Å². The summed E-state index contributed by atoms with van der Waals surface area (Å²) in [7, 11) is 0. The molecule has 0 radical (unpaired) electrons. The second kappa shape index (κ2) is 3.34. The molecule has 0 aliphatic rings. The first-order chi connectivity index (χ1) is 7.84. The molecule has 0 amide bonds. The number of H-pyrrole nitrogens is 1. The van der Waals surface area contributed by atoms with E-state index in [0.29, 0.717) is 5.76 Å². The largest absolute Gasteiger partial charge is 0.463 e. The van der Waals surface area contributed by atoms with Crippen LogP contribution in [0, 0.1) is 0 Å². The summed E-state index contributed by atoms with van der Waals surface area (Å²) in [5.41, 5.74) is 1.37. The van der Waals surface area contributed by atoms with E-state index in [0.717, 1.165) is 16.6 Å². The van der Waals surface area contributed by atoms with Gasteiger partial charge in [0.25, 0.3) is 0 Å². The minimum atomic E-state index is -0.121. The molecule has 0 unspecified atom stereocenters. The van der Waals surface area contributed by atoms with Crippen LogP contribution in [0.5, 0.6) is 0 Å². The number of nitrogens with zero attached hydrogens (tertiary/aromatic N) is 1. The van der Waals surface area contributed by atoms with Gasteiger partial charge in [0, 0.05) is 17.6 Å². The lowest BCUT2D eigenvalue weighted by molar-refractivity contribution is 0.581. The van der Waals surface area contributed by atoms with Crippen LogP contribution in [0.2, 0.25) is 0 Å². The Morgan fingerprint density at radius 3 is 2.94 bits per heavy atom. The van der Waals surface area contributed by atoms with E-state index in [2.05, 4.69) is 9.97 Å². The minimum absolute atomic E-state index is 0.121. The van der Waals surface area contributed by atoms with E-state index in [9.17, 15) is 4.79 Å². The zero-order valence-corrected chi connectivity index (χ0v) is 8.31. The van der Waals surface area contributed by atoms with Gasteiger partial charge in [0.15, 0.2) is 5.76 Å². The van der Waals surface area contributed by atoms with Gasteiger partial charge in [-0.2, -0.15) is 0 Å². The molecule has 0 bridgehead atoms. The second-order valence-corrected chi connectivity index (χ2v) is 3.42. The van der Waals surface area contributed by atoms with Crippen LogP contribution < -0.4 is 5.56 Å². The third kappa shape index (κ3) is 1.32. The van der Waals surface area contributed by atoms with Crippen molar-refractivity contribution in [3.05, 3.63) is 53.1 Å². The molecule has 4 nitrogen and oxygen atoms in total. The van der Waals surface area contributed by atoms with Crippen molar-refractivity contribution in [2.45, 2.75) is 0 Å². The summed E-state index contributed by atoms with van der Waals surface area (Å²) >= 11 is 0. The van der Waals surface area contributed by atoms with Crippen LogP contribution in [0.15, 0.2) is 52.0 Å². The average molecular weight is 212 g/mol. The summed E-state index contributed by atoms with van der Waals surface area (Å²) in [5.74, 6) is 0.692. The lowest BCUT2D eigenvalue weighted by Crippen LogP contribution is -2.02. The number of furan rings is 1. The predicted molar refractivity (Wildman–Crippen MR) is 60.1 cm³/mol. The van der Waals surface area contributed by atoms with Crippen molar-refractivity contribution in [2.75, 3.05) is 0 Å². The van der Waals surface area contributed by atoms with E-state index in [1.54, 1.807) is 24.6 Å². The fraction of sp³-hybridized carbons (Fsp3) is 0. The number of hydrogen-bond acceptors (Lipinski definition) is 3. The summed E-state index contributed by atoms with van der Waals surface area (Å²) in [6, 6.07) is 8.65. The molecule has 0 saturated carbocycles. The standard InChI is InChI=1S/C12H8N2O2/c15-11-4-3-8-9(14-11)5-6-13-12(8)10-2-1-7-16-10/h1-7H,(H,14,15). The fourth-order valence-electron chi connectivity index (χ4n) is 1.69. The van der Waals surface area contributed by atoms with Crippen LogP contribution in [-0.2, 0) is 0 Å². The van der Waals surface area contributed by atoms with E-state index in [1.807, 2.05) is 12.1 Å². The van der Waals surface area contributed by atoms with E-state index in [4.69, 9.17) is 4.42 Å². The summed E-state index contributed by atoms with van der Waals surface area (Å²) in [6.45, 7) is 0. The van der Waals surface area contributed by atoms with Crippen LogP contribution >= 0.6 is 0 Å². The van der Waals surface area contributed by atoms with Gasteiger partial charge in [-0.3, -0.25) is 9.78 Å². The third-order valence-electron chi connectivity index (χ3n) is 2.40. The van der Waals surface area contributed by atoms with Crippen molar-refractivity contribution in [3.63, 3.8) is 0 Å². The normalized spacial score (nSPS) is 10.8. The Kier molecular flexibility index (Phi) is 1.86. The Morgan fingerprint density at radius 1 is 1.19 bits per heavy atom. The predicted octanol–water partition coefficient (Wildman–Crippen LogP) is 2.18. The minimum Gasteiger partial charge on any atom is -0.463 e. The Hall–Kier alpha value is -2.36. The van der Waals surface area contributed by atoms with Crippen LogP contribution in [0.4, 0.5) is 0 Å². The maximum Gasteiger partial charge on any atom is 0.248 e. The highest BCUT2D eigenvalue weighted by molar-refractivity contribution is 5.90. The van der Waals surface area contributed by atoms with Gasteiger partial charge in [0.1, 0.15) is 5.69 Å². The van der Waals surface area contributed by atoms with Crippen LogP contribution in [0.25, 0.3) is 22.4 Å². The highest BCUT2D eigenvalue weighted by Crippen LogP contribution is 2.24. The molecular formula is C12H8N2O2. The van der Waals surface area contributed by atoms with Crippen molar-refractivity contribution in [2.24, 2.45) is 0 Å². The topological polar surface area (TPSA) is 58.9 Å². The van der Waals surface area contributed by atoms with Gasteiger partial charge in [-0.15, -0.1) is 0 Å². The van der Waals surface area contributed by atoms with Crippen molar-refractivity contribution < 1.29 is 4.42 Å². The molecule has 78 valence electrons. The lowest BCUT2D eigenvalue weighted by Gasteiger charge is -2.01. The van der Waals surface area contributed by atoms with Crippen LogP contribution in [-0.4, -0.2) is 9.97 Å². The van der Waals surface area contributed by atoms with Crippen LogP contribution in [0.1, 0.15) is 0 Å². The number of nitrogens with one attached hydrogen (secondary N) is 1. The number of hydrogen-bond donors (Lipinski definition) is 1. The molecule has 0 aliphatic carbocycles. The number of aromatic amines is 1. The van der Waals surface area contributed by atoms with Gasteiger partial charge in [0.05, 0.1) is 11.8 Å². The Balaban J connectivity index is 2.38. The van der Waals surface area contributed by atoms with Crippen molar-refractivity contribution >= 4 is 10.9 Å². The van der Waals surface area contributed by atoms with E-state index in [1.165, 1.54) is 6.07 Å². The number of aromatic nitrogens is 2. The lowest BCUT2D eigenvalue weighted by atomic mass is 10.1. The Morgan fingerprint density at radius 2 is 2.12 bits per heavy atom. The molecule has 16 heavy (non-hydrogen) atoms. The van der Waals surface area contributed by atoms with E-state index >= 15 is 0 Å². The number of rotatable bonds is 1. The Bertz CT molecular complexity index is 684. The third-order valence-corrected chi connectivity index (χ3v) is 2.40. The summed E-state index contributed by atoms with van der Waals surface area (Å²) in [6.07, 6.45) is 3.25. The molecule has 3 rings (SSSR count). The summed E-state index contributed by atoms with van der Waals surface area (Å²) < 4.78 is 5.30. The highest BCUT2D eigenvalue weighted by Gasteiger charge is 2.07. The van der Waals surface area contributed by atoms with Gasteiger partial charge >= 0.3 is 0 Å². The molecule has 0 aliphatic heterocycles. The fourth-order valence-corrected chi connectivity index (χ4v) is 1.69. The summed E-state index contributed by atoms with van der Waals surface area (Å²) in [5, 5.41) is 0.872. The molecule has 0 aromatic carbocycles. The molecule has 0 atom stereocenters. The molecule has 3 aromatic heterocycles. The summed E-state index contributed by atoms with van der Waals surface area (Å²) in [4.78, 5) is 18.2. The smallest absolute Gasteiger partial charge is 0.248 e. The van der Waals surface area contributed by atoms with Crippen molar-refractivity contribution in [3.8, 4) is 11.5 Å². The number of pyridine rings is 2. The second-order valence-electron chi connectivity index (χ2n) is 3.42. The molecule has 4 heteroatoms. The van der Waals surface area contributed by atoms with Crippen LogP contribution in [0.3, 0.4) is 0 Å². The van der Waals surface area contributed by atoms with Gasteiger partial charge in [0.2, 0.25) is 5.56 Å².